The number of H-pyrrole nitrogens is 1. The van der Waals surface area contributed by atoms with Crippen molar-refractivity contribution in [3.8, 4) is 11.1 Å². The molecule has 27 heavy (non-hydrogen) atoms. The Hall–Kier alpha value is -2.83. The van der Waals surface area contributed by atoms with Gasteiger partial charge in [0.1, 0.15) is 11.7 Å². The minimum absolute atomic E-state index is 0.164. The molecule has 1 heterocycles. The van der Waals surface area contributed by atoms with E-state index in [2.05, 4.69) is 23.3 Å². The van der Waals surface area contributed by atoms with Crippen molar-refractivity contribution in [2.24, 2.45) is 5.73 Å². The van der Waals surface area contributed by atoms with Gasteiger partial charge in [-0.15, -0.1) is 0 Å². The summed E-state index contributed by atoms with van der Waals surface area (Å²) in [6.45, 7) is 1.93. The van der Waals surface area contributed by atoms with Crippen molar-refractivity contribution in [1.29, 1.82) is 0 Å². The number of carboxylic acids is 1. The quantitative estimate of drug-likeness (QED) is 0.522. The zero-order valence-corrected chi connectivity index (χ0v) is 15.5. The number of aryl methyl sites for hydroxylation is 1. The van der Waals surface area contributed by atoms with E-state index in [9.17, 15) is 9.59 Å². The predicted molar refractivity (Wildman–Crippen MR) is 106 cm³/mol. The number of carbonyl (C=O) groups is 2. The summed E-state index contributed by atoms with van der Waals surface area (Å²) in [5, 5.41) is 12.7. The summed E-state index contributed by atoms with van der Waals surface area (Å²) >= 11 is 6.32. The largest absolute Gasteiger partial charge is 0.480 e. The summed E-state index contributed by atoms with van der Waals surface area (Å²) in [4.78, 5) is 26.2. The Morgan fingerprint density at radius 2 is 1.96 bits per heavy atom. The molecular formula is C20H20ClN3O3. The SMILES string of the molecule is CCc1ccccc1-c1ccc(Cl)c2[nH]c(C(=O)NCC(N)C(=O)O)cc12. The Bertz CT molecular complexity index is 1010. The second-order valence-electron chi connectivity index (χ2n) is 6.23. The van der Waals surface area contributed by atoms with Crippen LogP contribution in [0.1, 0.15) is 23.0 Å². The van der Waals surface area contributed by atoms with Gasteiger partial charge < -0.3 is 21.1 Å². The highest BCUT2D eigenvalue weighted by atomic mass is 35.5. The fourth-order valence-electron chi connectivity index (χ4n) is 3.02. The van der Waals surface area contributed by atoms with Crippen LogP contribution in [0.4, 0.5) is 0 Å². The minimum Gasteiger partial charge on any atom is -0.480 e. The van der Waals surface area contributed by atoms with E-state index in [1.165, 1.54) is 5.56 Å². The maximum Gasteiger partial charge on any atom is 0.322 e. The van der Waals surface area contributed by atoms with Gasteiger partial charge in [0.2, 0.25) is 0 Å². The number of nitrogens with one attached hydrogen (secondary N) is 2. The molecular weight excluding hydrogens is 366 g/mol. The first kappa shape index (κ1) is 18.9. The molecule has 0 aliphatic carbocycles. The maximum atomic E-state index is 12.4. The van der Waals surface area contributed by atoms with Gasteiger partial charge in [-0.1, -0.05) is 48.9 Å². The van der Waals surface area contributed by atoms with Crippen LogP contribution < -0.4 is 11.1 Å². The molecule has 0 saturated heterocycles. The van der Waals surface area contributed by atoms with Crippen LogP contribution in [0.2, 0.25) is 5.02 Å². The molecule has 1 amide bonds. The van der Waals surface area contributed by atoms with E-state index in [1.54, 1.807) is 12.1 Å². The number of carbonyl (C=O) groups excluding carboxylic acids is 1. The third-order valence-electron chi connectivity index (χ3n) is 4.48. The fourth-order valence-corrected chi connectivity index (χ4v) is 3.23. The number of nitrogens with two attached hydrogens (primary N) is 1. The number of halogens is 1. The molecule has 6 nitrogen and oxygen atoms in total. The number of aromatic nitrogens is 1. The van der Waals surface area contributed by atoms with E-state index in [1.807, 2.05) is 24.3 Å². The van der Waals surface area contributed by atoms with Gasteiger partial charge in [0.25, 0.3) is 5.91 Å². The van der Waals surface area contributed by atoms with Crippen LogP contribution in [0.5, 0.6) is 0 Å². The molecule has 0 radical (unpaired) electrons. The molecule has 1 aromatic heterocycles. The van der Waals surface area contributed by atoms with E-state index in [4.69, 9.17) is 22.4 Å². The number of aliphatic carboxylic acids is 1. The number of amides is 1. The van der Waals surface area contributed by atoms with Crippen molar-refractivity contribution in [3.63, 3.8) is 0 Å². The van der Waals surface area contributed by atoms with E-state index in [0.29, 0.717) is 16.2 Å². The first-order valence-electron chi connectivity index (χ1n) is 8.58. The van der Waals surface area contributed by atoms with Crippen molar-refractivity contribution in [2.75, 3.05) is 6.54 Å². The normalized spacial score (nSPS) is 12.1. The lowest BCUT2D eigenvalue weighted by molar-refractivity contribution is -0.138. The molecule has 140 valence electrons. The lowest BCUT2D eigenvalue weighted by Crippen LogP contribution is -2.42. The van der Waals surface area contributed by atoms with Crippen LogP contribution in [0.25, 0.3) is 22.0 Å². The highest BCUT2D eigenvalue weighted by Crippen LogP contribution is 2.35. The van der Waals surface area contributed by atoms with Crippen LogP contribution in [0.15, 0.2) is 42.5 Å². The second kappa shape index (κ2) is 7.82. The molecule has 1 unspecified atom stereocenters. The molecule has 0 aliphatic rings. The zero-order chi connectivity index (χ0) is 19.6. The standard InChI is InChI=1S/C20H20ClN3O3/c1-2-11-5-3-4-6-12(11)13-7-8-15(21)18-14(13)9-17(24-18)19(25)23-10-16(22)20(26)27/h3-9,16,24H,2,10,22H2,1H3,(H,23,25)(H,26,27). The molecule has 5 N–H and O–H groups in total. The summed E-state index contributed by atoms with van der Waals surface area (Å²) in [5.74, 6) is -1.61. The van der Waals surface area contributed by atoms with Gasteiger partial charge in [-0.25, -0.2) is 0 Å². The van der Waals surface area contributed by atoms with Gasteiger partial charge in [0, 0.05) is 11.9 Å². The maximum absolute atomic E-state index is 12.4. The van der Waals surface area contributed by atoms with E-state index in [0.717, 1.165) is 22.9 Å². The summed E-state index contributed by atoms with van der Waals surface area (Å²) in [6, 6.07) is 12.4. The van der Waals surface area contributed by atoms with Crippen molar-refractivity contribution in [2.45, 2.75) is 19.4 Å². The number of rotatable bonds is 6. The zero-order valence-electron chi connectivity index (χ0n) is 14.8. The van der Waals surface area contributed by atoms with Gasteiger partial charge in [0.15, 0.2) is 0 Å². The average Bonchev–Trinajstić information content (AvgIpc) is 3.12. The first-order valence-corrected chi connectivity index (χ1v) is 8.96. The van der Waals surface area contributed by atoms with E-state index in [-0.39, 0.29) is 6.54 Å². The molecule has 7 heteroatoms. The molecule has 0 saturated carbocycles. The van der Waals surface area contributed by atoms with Gasteiger partial charge in [-0.2, -0.15) is 0 Å². The predicted octanol–water partition coefficient (Wildman–Crippen LogP) is 3.19. The number of carboxylic acid groups (broad SMARTS) is 1. The van der Waals surface area contributed by atoms with Gasteiger partial charge >= 0.3 is 5.97 Å². The van der Waals surface area contributed by atoms with Crippen LogP contribution in [-0.2, 0) is 11.2 Å². The van der Waals surface area contributed by atoms with Gasteiger partial charge in [-0.05, 0) is 35.2 Å². The molecule has 2 aromatic carbocycles. The van der Waals surface area contributed by atoms with Gasteiger partial charge in [0.05, 0.1) is 10.5 Å². The number of aromatic amines is 1. The Balaban J connectivity index is 2.01. The van der Waals surface area contributed by atoms with Crippen molar-refractivity contribution in [1.82, 2.24) is 10.3 Å². The summed E-state index contributed by atoms with van der Waals surface area (Å²) in [6.07, 6.45) is 0.880. The molecule has 0 fully saturated rings. The van der Waals surface area contributed by atoms with Crippen molar-refractivity contribution < 1.29 is 14.7 Å². The smallest absolute Gasteiger partial charge is 0.322 e. The minimum atomic E-state index is -1.17. The molecule has 3 rings (SSSR count). The van der Waals surface area contributed by atoms with E-state index < -0.39 is 17.9 Å². The third kappa shape index (κ3) is 3.82. The van der Waals surface area contributed by atoms with Gasteiger partial charge in [-0.3, -0.25) is 9.59 Å². The molecule has 3 aromatic rings. The third-order valence-corrected chi connectivity index (χ3v) is 4.79. The molecule has 0 bridgehead atoms. The lowest BCUT2D eigenvalue weighted by atomic mass is 9.95. The number of hydrogen-bond acceptors (Lipinski definition) is 3. The summed E-state index contributed by atoms with van der Waals surface area (Å²) < 4.78 is 0. The Morgan fingerprint density at radius 1 is 1.22 bits per heavy atom. The topological polar surface area (TPSA) is 108 Å². The Kier molecular flexibility index (Phi) is 5.48. The highest BCUT2D eigenvalue weighted by molar-refractivity contribution is 6.35. The van der Waals surface area contributed by atoms with E-state index >= 15 is 0 Å². The summed E-state index contributed by atoms with van der Waals surface area (Å²) in [7, 11) is 0. The molecule has 0 spiro atoms. The molecule has 1 atom stereocenters. The lowest BCUT2D eigenvalue weighted by Gasteiger charge is -2.09. The fraction of sp³-hybridized carbons (Fsp3) is 0.200. The monoisotopic (exact) mass is 385 g/mol. The summed E-state index contributed by atoms with van der Waals surface area (Å²) in [5.41, 5.74) is 9.64. The van der Waals surface area contributed by atoms with Crippen LogP contribution >= 0.6 is 11.6 Å². The Labute approximate surface area is 161 Å². The Morgan fingerprint density at radius 3 is 2.67 bits per heavy atom. The number of hydrogen-bond donors (Lipinski definition) is 4. The average molecular weight is 386 g/mol. The van der Waals surface area contributed by atoms with Crippen LogP contribution in [-0.4, -0.2) is 34.6 Å². The second-order valence-corrected chi connectivity index (χ2v) is 6.64. The number of fused-ring (bicyclic) bond motifs is 1. The number of benzene rings is 2. The van der Waals surface area contributed by atoms with Crippen LogP contribution in [0.3, 0.4) is 0 Å². The molecule has 0 aliphatic heterocycles. The first-order chi connectivity index (χ1) is 12.9. The highest BCUT2D eigenvalue weighted by Gasteiger charge is 2.18. The van der Waals surface area contributed by atoms with Crippen molar-refractivity contribution in [3.05, 3.63) is 58.7 Å². The van der Waals surface area contributed by atoms with Crippen LogP contribution in [0, 0.1) is 0 Å². The van der Waals surface area contributed by atoms with Crippen molar-refractivity contribution >= 4 is 34.4 Å².